The van der Waals surface area contributed by atoms with Gasteiger partial charge < -0.3 is 15.0 Å². The number of aryl methyl sites for hydroxylation is 1. The third-order valence-corrected chi connectivity index (χ3v) is 5.28. The summed E-state index contributed by atoms with van der Waals surface area (Å²) < 4.78 is 6.50. The van der Waals surface area contributed by atoms with Crippen molar-refractivity contribution in [3.63, 3.8) is 0 Å². The monoisotopic (exact) mass is 377 g/mol. The van der Waals surface area contributed by atoms with E-state index in [4.69, 9.17) is 10.5 Å². The van der Waals surface area contributed by atoms with Crippen molar-refractivity contribution in [2.75, 3.05) is 12.8 Å². The van der Waals surface area contributed by atoms with E-state index in [0.717, 1.165) is 16.3 Å². The molecule has 0 unspecified atom stereocenters. The van der Waals surface area contributed by atoms with E-state index in [0.29, 0.717) is 0 Å². The minimum atomic E-state index is -0.576. The Kier molecular flexibility index (Phi) is 5.53. The van der Waals surface area contributed by atoms with Crippen LogP contribution in [0.15, 0.2) is 59.6 Å². The summed E-state index contributed by atoms with van der Waals surface area (Å²) in [4.78, 5) is 13.2. The van der Waals surface area contributed by atoms with Gasteiger partial charge in [-0.05, 0) is 24.6 Å². The number of hydrogen-bond acceptors (Lipinski definition) is 5. The molecule has 2 N–H and O–H groups in total. The molecule has 136 valence electrons. The molecular formula is C21H19N3O2S. The zero-order chi connectivity index (χ0) is 19.4. The molecule has 27 heavy (non-hydrogen) atoms. The quantitative estimate of drug-likeness (QED) is 0.529. The van der Waals surface area contributed by atoms with Crippen molar-refractivity contribution in [1.29, 1.82) is 5.26 Å². The van der Waals surface area contributed by atoms with Gasteiger partial charge in [0.1, 0.15) is 6.07 Å². The second-order valence-electron chi connectivity index (χ2n) is 6.02. The van der Waals surface area contributed by atoms with Crippen LogP contribution in [0.1, 0.15) is 27.2 Å². The average molecular weight is 377 g/mol. The van der Waals surface area contributed by atoms with Crippen LogP contribution in [-0.4, -0.2) is 17.6 Å². The summed E-state index contributed by atoms with van der Waals surface area (Å²) in [5.41, 5.74) is 9.76. The molecule has 0 aliphatic carbocycles. The molecule has 3 rings (SSSR count). The van der Waals surface area contributed by atoms with Crippen molar-refractivity contribution in [2.24, 2.45) is 0 Å². The average Bonchev–Trinajstić information content (AvgIpc) is 3.02. The molecule has 3 aromatic rings. The number of thioether (sulfide) groups is 1. The van der Waals surface area contributed by atoms with E-state index >= 15 is 0 Å². The highest BCUT2D eigenvalue weighted by Gasteiger charge is 2.22. The van der Waals surface area contributed by atoms with Crippen molar-refractivity contribution >= 4 is 23.4 Å². The molecular weight excluding hydrogens is 358 g/mol. The summed E-state index contributed by atoms with van der Waals surface area (Å²) in [5.74, 6) is 0.209. The van der Waals surface area contributed by atoms with E-state index in [2.05, 4.69) is 25.1 Å². The SMILES string of the molecule is COC(=O)c1c(N)c(C#N)cn1-c1ccccc1SCc1cccc(C)c1. The standard InChI is InChI=1S/C21H19N3O2S/c1-14-6-5-7-15(10-14)13-27-18-9-4-3-8-17(18)24-12-16(11-22)19(23)20(24)21(25)26-2/h3-10,12H,13,23H2,1-2H3. The Hall–Kier alpha value is -3.17. The number of rotatable bonds is 5. The van der Waals surface area contributed by atoms with Crippen LogP contribution in [0.25, 0.3) is 5.69 Å². The van der Waals surface area contributed by atoms with Gasteiger partial charge in [0.25, 0.3) is 0 Å². The van der Waals surface area contributed by atoms with Crippen molar-refractivity contribution < 1.29 is 9.53 Å². The third kappa shape index (κ3) is 3.83. The maximum absolute atomic E-state index is 12.2. The molecule has 2 aromatic carbocycles. The first-order valence-corrected chi connectivity index (χ1v) is 9.30. The Morgan fingerprint density at radius 3 is 2.74 bits per heavy atom. The van der Waals surface area contributed by atoms with E-state index in [1.165, 1.54) is 18.2 Å². The molecule has 0 spiro atoms. The molecule has 0 radical (unpaired) electrons. The van der Waals surface area contributed by atoms with E-state index in [1.54, 1.807) is 22.5 Å². The number of nitrogens with zero attached hydrogens (tertiary/aromatic N) is 2. The van der Waals surface area contributed by atoms with Gasteiger partial charge in [-0.15, -0.1) is 11.8 Å². The number of nitriles is 1. The van der Waals surface area contributed by atoms with Gasteiger partial charge in [-0.2, -0.15) is 5.26 Å². The lowest BCUT2D eigenvalue weighted by molar-refractivity contribution is 0.0593. The van der Waals surface area contributed by atoms with Gasteiger partial charge in [-0.3, -0.25) is 0 Å². The Morgan fingerprint density at radius 1 is 1.26 bits per heavy atom. The second-order valence-corrected chi connectivity index (χ2v) is 7.04. The lowest BCUT2D eigenvalue weighted by atomic mass is 10.2. The summed E-state index contributed by atoms with van der Waals surface area (Å²) in [6.07, 6.45) is 1.58. The second kappa shape index (κ2) is 8.02. The Bertz CT molecular complexity index is 1030. The van der Waals surface area contributed by atoms with Gasteiger partial charge in [0.05, 0.1) is 24.0 Å². The first kappa shape index (κ1) is 18.6. The minimum Gasteiger partial charge on any atom is -0.464 e. The van der Waals surface area contributed by atoms with Gasteiger partial charge in [0.15, 0.2) is 5.69 Å². The number of anilines is 1. The summed E-state index contributed by atoms with van der Waals surface area (Å²) in [5, 5.41) is 9.30. The first-order chi connectivity index (χ1) is 13.0. The number of nitrogens with two attached hydrogens (primary N) is 1. The highest BCUT2D eigenvalue weighted by Crippen LogP contribution is 2.32. The Morgan fingerprint density at radius 2 is 2.04 bits per heavy atom. The number of ether oxygens (including phenoxy) is 1. The van der Waals surface area contributed by atoms with Gasteiger partial charge >= 0.3 is 5.97 Å². The van der Waals surface area contributed by atoms with Gasteiger partial charge in [-0.1, -0.05) is 42.0 Å². The lowest BCUT2D eigenvalue weighted by Gasteiger charge is -2.13. The van der Waals surface area contributed by atoms with Gasteiger partial charge in [-0.25, -0.2) is 4.79 Å². The van der Waals surface area contributed by atoms with Crippen LogP contribution in [0.3, 0.4) is 0 Å². The Balaban J connectivity index is 2.01. The molecule has 0 amide bonds. The molecule has 0 aliphatic heterocycles. The number of benzene rings is 2. The number of carbonyl (C=O) groups is 1. The number of esters is 1. The van der Waals surface area contributed by atoms with Crippen molar-refractivity contribution in [2.45, 2.75) is 17.6 Å². The topological polar surface area (TPSA) is 81.0 Å². The van der Waals surface area contributed by atoms with E-state index in [1.807, 2.05) is 36.4 Å². The fraction of sp³-hybridized carbons (Fsp3) is 0.143. The van der Waals surface area contributed by atoms with Crippen LogP contribution in [0.4, 0.5) is 5.69 Å². The zero-order valence-electron chi connectivity index (χ0n) is 15.1. The summed E-state index contributed by atoms with van der Waals surface area (Å²) in [6, 6.07) is 18.1. The van der Waals surface area contributed by atoms with Crippen LogP contribution in [-0.2, 0) is 10.5 Å². The molecule has 1 aromatic heterocycles. The Labute approximate surface area is 162 Å². The van der Waals surface area contributed by atoms with Crippen LogP contribution in [0.2, 0.25) is 0 Å². The van der Waals surface area contributed by atoms with Gasteiger partial charge in [0, 0.05) is 16.8 Å². The molecule has 1 heterocycles. The number of para-hydroxylation sites is 1. The van der Waals surface area contributed by atoms with E-state index in [-0.39, 0.29) is 16.9 Å². The first-order valence-electron chi connectivity index (χ1n) is 8.32. The normalized spacial score (nSPS) is 10.4. The summed E-state index contributed by atoms with van der Waals surface area (Å²) >= 11 is 1.66. The number of carbonyl (C=O) groups excluding carboxylic acids is 1. The van der Waals surface area contributed by atoms with Crippen molar-refractivity contribution in [3.05, 3.63) is 77.1 Å². The largest absolute Gasteiger partial charge is 0.464 e. The molecule has 0 saturated carbocycles. The molecule has 0 fully saturated rings. The van der Waals surface area contributed by atoms with Crippen LogP contribution < -0.4 is 5.73 Å². The highest BCUT2D eigenvalue weighted by molar-refractivity contribution is 7.98. The van der Waals surface area contributed by atoms with Crippen molar-refractivity contribution in [1.82, 2.24) is 4.57 Å². The summed E-state index contributed by atoms with van der Waals surface area (Å²) in [7, 11) is 1.30. The maximum Gasteiger partial charge on any atom is 0.357 e. The minimum absolute atomic E-state index is 0.128. The number of hydrogen-bond donors (Lipinski definition) is 1. The molecule has 0 aliphatic rings. The van der Waals surface area contributed by atoms with Gasteiger partial charge in [0.2, 0.25) is 0 Å². The van der Waals surface area contributed by atoms with Crippen LogP contribution in [0, 0.1) is 18.3 Å². The predicted octanol–water partition coefficient (Wildman–Crippen LogP) is 4.32. The summed E-state index contributed by atoms with van der Waals surface area (Å²) in [6.45, 7) is 2.07. The van der Waals surface area contributed by atoms with E-state index < -0.39 is 5.97 Å². The molecule has 0 atom stereocenters. The molecule has 0 bridgehead atoms. The maximum atomic E-state index is 12.2. The smallest absolute Gasteiger partial charge is 0.357 e. The fourth-order valence-corrected chi connectivity index (χ4v) is 3.84. The fourth-order valence-electron chi connectivity index (χ4n) is 2.85. The third-order valence-electron chi connectivity index (χ3n) is 4.15. The number of methoxy groups -OCH3 is 1. The molecule has 5 nitrogen and oxygen atoms in total. The van der Waals surface area contributed by atoms with E-state index in [9.17, 15) is 10.1 Å². The molecule has 6 heteroatoms. The highest BCUT2D eigenvalue weighted by atomic mass is 32.2. The zero-order valence-corrected chi connectivity index (χ0v) is 15.9. The van der Waals surface area contributed by atoms with Crippen LogP contribution in [0.5, 0.6) is 0 Å². The predicted molar refractivity (Wildman–Crippen MR) is 107 cm³/mol. The number of aromatic nitrogens is 1. The van der Waals surface area contributed by atoms with Crippen LogP contribution >= 0.6 is 11.8 Å². The van der Waals surface area contributed by atoms with Crippen molar-refractivity contribution in [3.8, 4) is 11.8 Å². The lowest BCUT2D eigenvalue weighted by Crippen LogP contribution is -2.11. The number of nitrogen functional groups attached to an aromatic ring is 1. The molecule has 0 saturated heterocycles.